The number of aliphatic hydroxyl groups is 2. The quantitative estimate of drug-likeness (QED) is 0.311. The summed E-state index contributed by atoms with van der Waals surface area (Å²) in [6, 6.07) is 0. The van der Waals surface area contributed by atoms with Crippen LogP contribution < -0.4 is 5.73 Å². The normalized spacial score (nSPS) is 15.4. The van der Waals surface area contributed by atoms with Gasteiger partial charge in [-0.05, 0) is 5.92 Å². The maximum absolute atomic E-state index is 10.4. The number of nitrogens with two attached hydrogens (primary N) is 1. The molecule has 0 aromatic heterocycles. The van der Waals surface area contributed by atoms with Crippen molar-refractivity contribution in [3.05, 3.63) is 0 Å². The Kier molecular flexibility index (Phi) is 3.65. The van der Waals surface area contributed by atoms with Crippen LogP contribution in [0, 0.1) is 12.3 Å². The topological polar surface area (TPSA) is 83.5 Å². The van der Waals surface area contributed by atoms with E-state index >= 15 is 0 Å². The molecule has 0 saturated carbocycles. The first-order valence-electron chi connectivity index (χ1n) is 2.70. The number of carbonyl (C=O) groups is 1. The predicted octanol–water partition coefficient (Wildman–Crippen LogP) is -2.13. The Morgan fingerprint density at radius 1 is 1.70 bits per heavy atom. The van der Waals surface area contributed by atoms with Crippen LogP contribution in [0.25, 0.3) is 0 Å². The third kappa shape index (κ3) is 2.15. The lowest BCUT2D eigenvalue weighted by Gasteiger charge is -2.10. The molecule has 0 bridgehead atoms. The highest BCUT2D eigenvalue weighted by molar-refractivity contribution is 5.98. The first kappa shape index (κ1) is 9.11. The Morgan fingerprint density at radius 3 is 2.50 bits per heavy atom. The Morgan fingerprint density at radius 2 is 2.20 bits per heavy atom. The summed E-state index contributed by atoms with van der Waals surface area (Å²) in [5.74, 6) is 0.826. The Labute approximate surface area is 58.7 Å². The van der Waals surface area contributed by atoms with Crippen LogP contribution >= 0.6 is 0 Å². The molecule has 0 aromatic carbocycles. The highest BCUT2D eigenvalue weighted by Gasteiger charge is 2.20. The molecule has 0 aliphatic heterocycles. The van der Waals surface area contributed by atoms with Crippen LogP contribution in [0.2, 0.25) is 0 Å². The van der Waals surface area contributed by atoms with Crippen molar-refractivity contribution in [2.45, 2.75) is 12.2 Å². The molecular weight excluding hydrogens is 134 g/mol. The molecule has 2 atom stereocenters. The second-order valence-electron chi connectivity index (χ2n) is 1.76. The lowest BCUT2D eigenvalue weighted by molar-refractivity contribution is -0.126. The van der Waals surface area contributed by atoms with Gasteiger partial charge in [0, 0.05) is 6.54 Å². The highest BCUT2D eigenvalue weighted by Crippen LogP contribution is 1.91. The molecule has 56 valence electrons. The molecule has 4 nitrogen and oxygen atoms in total. The van der Waals surface area contributed by atoms with Crippen LogP contribution in [-0.4, -0.2) is 34.7 Å². The Bertz CT molecular complexity index is 161. The number of hydrogen-bond donors (Lipinski definition) is 3. The van der Waals surface area contributed by atoms with Gasteiger partial charge in [0.1, 0.15) is 6.10 Å². The largest absolute Gasteiger partial charge is 0.389 e. The molecule has 2 unspecified atom stereocenters. The van der Waals surface area contributed by atoms with Gasteiger partial charge >= 0.3 is 0 Å². The molecule has 0 heterocycles. The molecule has 0 aliphatic rings. The second kappa shape index (κ2) is 4.01. The number of rotatable bonds is 3. The molecule has 4 N–H and O–H groups in total. The lowest BCUT2D eigenvalue weighted by atomic mass is 10.1. The summed E-state index contributed by atoms with van der Waals surface area (Å²) in [4.78, 5) is 10.4. The van der Waals surface area contributed by atoms with Gasteiger partial charge in [-0.2, -0.15) is 0 Å². The van der Waals surface area contributed by atoms with Gasteiger partial charge in [-0.25, -0.2) is 0 Å². The summed E-state index contributed by atoms with van der Waals surface area (Å²) in [6.07, 6.45) is 1.85. The summed E-state index contributed by atoms with van der Waals surface area (Å²) in [5.41, 5.74) is 4.93. The number of ketones is 1. The summed E-state index contributed by atoms with van der Waals surface area (Å²) in [6.45, 7) is -0.186. The minimum absolute atomic E-state index is 0.186. The summed E-state index contributed by atoms with van der Waals surface area (Å²) in [5, 5.41) is 17.5. The van der Waals surface area contributed by atoms with E-state index in [0.717, 1.165) is 0 Å². The van der Waals surface area contributed by atoms with E-state index in [-0.39, 0.29) is 6.54 Å². The zero-order chi connectivity index (χ0) is 8.15. The zero-order valence-corrected chi connectivity index (χ0v) is 5.32. The molecule has 0 amide bonds. The van der Waals surface area contributed by atoms with Gasteiger partial charge in [0.15, 0.2) is 6.10 Å². The number of Topliss-reactive ketones (excluding diaryl/α,β-unsaturated/α-hetero) is 1. The minimum atomic E-state index is -1.55. The van der Waals surface area contributed by atoms with Crippen LogP contribution in [0.5, 0.6) is 0 Å². The van der Waals surface area contributed by atoms with Gasteiger partial charge in [0.25, 0.3) is 0 Å². The van der Waals surface area contributed by atoms with Gasteiger partial charge < -0.3 is 15.9 Å². The van der Waals surface area contributed by atoms with Gasteiger partial charge in [0.2, 0.25) is 5.78 Å². The van der Waals surface area contributed by atoms with Crippen LogP contribution in [0.4, 0.5) is 0 Å². The monoisotopic (exact) mass is 143 g/mol. The molecule has 0 saturated heterocycles. The van der Waals surface area contributed by atoms with E-state index in [1.165, 1.54) is 0 Å². The maximum Gasteiger partial charge on any atom is 0.236 e. The third-order valence-corrected chi connectivity index (χ3v) is 1.02. The number of hydrogen-bond acceptors (Lipinski definition) is 4. The van der Waals surface area contributed by atoms with Crippen molar-refractivity contribution < 1.29 is 15.0 Å². The van der Waals surface area contributed by atoms with E-state index in [1.54, 1.807) is 5.92 Å². The number of terminal acetylenes is 1. The second-order valence-corrected chi connectivity index (χ2v) is 1.76. The van der Waals surface area contributed by atoms with E-state index in [4.69, 9.17) is 15.9 Å². The molecule has 10 heavy (non-hydrogen) atoms. The zero-order valence-electron chi connectivity index (χ0n) is 5.32. The predicted molar refractivity (Wildman–Crippen MR) is 34.9 cm³/mol. The molecule has 0 aromatic rings. The fourth-order valence-electron chi connectivity index (χ4n) is 0.389. The van der Waals surface area contributed by atoms with Crippen molar-refractivity contribution in [1.82, 2.24) is 0 Å². The molecule has 0 spiro atoms. The molecule has 0 rings (SSSR count). The summed E-state index contributed by atoms with van der Waals surface area (Å²) < 4.78 is 0. The Hall–Kier alpha value is -0.890. The van der Waals surface area contributed by atoms with Gasteiger partial charge in [-0.3, -0.25) is 4.79 Å². The van der Waals surface area contributed by atoms with Crippen LogP contribution in [0.3, 0.4) is 0 Å². The van der Waals surface area contributed by atoms with Crippen molar-refractivity contribution in [3.8, 4) is 12.3 Å². The van der Waals surface area contributed by atoms with E-state index in [1.807, 2.05) is 0 Å². The lowest BCUT2D eigenvalue weighted by Crippen LogP contribution is -2.38. The number of carbonyl (C=O) groups excluding carboxylic acids is 1. The maximum atomic E-state index is 10.4. The van der Waals surface area contributed by atoms with Crippen LogP contribution in [0.1, 0.15) is 0 Å². The first-order valence-corrected chi connectivity index (χ1v) is 2.70. The van der Waals surface area contributed by atoms with E-state index in [2.05, 4.69) is 6.42 Å². The van der Waals surface area contributed by atoms with Crippen molar-refractivity contribution >= 4 is 5.78 Å². The Balaban J connectivity index is 3.97. The van der Waals surface area contributed by atoms with Gasteiger partial charge in [-0.1, -0.05) is 0 Å². The molecule has 4 heteroatoms. The van der Waals surface area contributed by atoms with Crippen molar-refractivity contribution in [1.29, 1.82) is 0 Å². The fraction of sp³-hybridized carbons (Fsp3) is 0.500. The molecule has 0 radical (unpaired) electrons. The molecule has 0 aliphatic carbocycles. The van der Waals surface area contributed by atoms with Crippen molar-refractivity contribution in [3.63, 3.8) is 0 Å². The van der Waals surface area contributed by atoms with Crippen LogP contribution in [-0.2, 0) is 4.79 Å². The van der Waals surface area contributed by atoms with Crippen molar-refractivity contribution in [2.75, 3.05) is 6.54 Å². The first-order chi connectivity index (χ1) is 4.63. The summed E-state index contributed by atoms with van der Waals surface area (Å²) in [7, 11) is 0. The smallest absolute Gasteiger partial charge is 0.236 e. The highest BCUT2D eigenvalue weighted by atomic mass is 16.3. The van der Waals surface area contributed by atoms with E-state index in [9.17, 15) is 4.79 Å². The molecule has 0 fully saturated rings. The third-order valence-electron chi connectivity index (χ3n) is 1.02. The van der Waals surface area contributed by atoms with E-state index in [0.29, 0.717) is 0 Å². The number of aliphatic hydroxyl groups excluding tert-OH is 2. The van der Waals surface area contributed by atoms with E-state index < -0.39 is 18.0 Å². The minimum Gasteiger partial charge on any atom is -0.389 e. The van der Waals surface area contributed by atoms with Crippen molar-refractivity contribution in [2.24, 2.45) is 5.73 Å². The van der Waals surface area contributed by atoms with Crippen LogP contribution in [0.15, 0.2) is 0 Å². The average molecular weight is 143 g/mol. The molecular formula is C6H9NO3. The standard InChI is InChI=1S/C6H9NO3/c1-2-4(8)6(10)5(9)3-7/h1,5-6,9-10H,3,7H2. The average Bonchev–Trinajstić information content (AvgIpc) is 2.00. The fourth-order valence-corrected chi connectivity index (χ4v) is 0.389. The summed E-state index contributed by atoms with van der Waals surface area (Å²) >= 11 is 0. The SMILES string of the molecule is C#CC(=O)C(O)C(O)CN. The van der Waals surface area contributed by atoms with Gasteiger partial charge in [0.05, 0.1) is 0 Å². The van der Waals surface area contributed by atoms with Gasteiger partial charge in [-0.15, -0.1) is 6.42 Å².